The van der Waals surface area contributed by atoms with E-state index in [0.717, 1.165) is 22.6 Å². The number of primary amides is 1. The number of rotatable bonds is 10. The Morgan fingerprint density at radius 1 is 1.26 bits per heavy atom. The first-order chi connectivity index (χ1) is 16.7. The molecule has 2 heterocycles. The molecular weight excluding hydrogens is 488 g/mol. The number of benzene rings is 1. The number of ether oxygens (including phenoxy) is 1. The van der Waals surface area contributed by atoms with E-state index in [4.69, 9.17) is 10.5 Å². The summed E-state index contributed by atoms with van der Waals surface area (Å²) in [6.07, 6.45) is 1.73. The molecule has 0 atom stereocenters. The zero-order valence-corrected chi connectivity index (χ0v) is 21.5. The highest BCUT2D eigenvalue weighted by atomic mass is 32.2. The van der Waals surface area contributed by atoms with Crippen molar-refractivity contribution in [2.75, 3.05) is 37.2 Å². The van der Waals surface area contributed by atoms with Gasteiger partial charge in [0, 0.05) is 31.9 Å². The topological polar surface area (TPSA) is 132 Å². The van der Waals surface area contributed by atoms with E-state index in [2.05, 4.69) is 22.1 Å². The van der Waals surface area contributed by atoms with Gasteiger partial charge in [-0.05, 0) is 36.8 Å². The van der Waals surface area contributed by atoms with Crippen LogP contribution in [0.2, 0.25) is 0 Å². The predicted molar refractivity (Wildman–Crippen MR) is 138 cm³/mol. The first kappa shape index (κ1) is 26.0. The van der Waals surface area contributed by atoms with E-state index in [1.807, 2.05) is 47.8 Å². The molecule has 2 aromatic heterocycles. The van der Waals surface area contributed by atoms with Gasteiger partial charge in [0.25, 0.3) is 5.91 Å². The molecule has 12 heteroatoms. The summed E-state index contributed by atoms with van der Waals surface area (Å²) in [5.41, 5.74) is 7.82. The van der Waals surface area contributed by atoms with Gasteiger partial charge >= 0.3 is 5.97 Å². The van der Waals surface area contributed by atoms with Crippen LogP contribution in [0, 0.1) is 6.92 Å². The van der Waals surface area contributed by atoms with Gasteiger partial charge in [0.1, 0.15) is 5.00 Å². The maximum atomic E-state index is 12.7. The molecule has 3 N–H and O–H groups in total. The Morgan fingerprint density at radius 3 is 2.51 bits per heavy atom. The number of hydrogen-bond acceptors (Lipinski definition) is 9. The van der Waals surface area contributed by atoms with Crippen LogP contribution >= 0.6 is 23.1 Å². The lowest BCUT2D eigenvalue weighted by Crippen LogP contribution is -2.16. The number of esters is 1. The second-order valence-corrected chi connectivity index (χ2v) is 9.56. The molecule has 3 aromatic rings. The molecule has 0 aliphatic carbocycles. The number of allylic oxidation sites excluding steroid dienone is 1. The molecule has 1 aromatic carbocycles. The standard InChI is InChI=1S/C23H26N6O4S2/c1-6-11-29-20(14-7-9-15(10-8-14)28(3)4)26-27-23(29)34-12-16(30)25-21-17(22(32)33-5)13(2)18(35-21)19(24)31/h6-10H,1,11-12H2,2-5H3,(H2,24,31)(H,25,30). The lowest BCUT2D eigenvalue weighted by Gasteiger charge is -2.13. The molecule has 0 unspecified atom stereocenters. The summed E-state index contributed by atoms with van der Waals surface area (Å²) in [5.74, 6) is -1.08. The maximum absolute atomic E-state index is 12.7. The summed E-state index contributed by atoms with van der Waals surface area (Å²) >= 11 is 2.13. The Hall–Kier alpha value is -3.64. The number of nitrogens with zero attached hydrogens (tertiary/aromatic N) is 4. The van der Waals surface area contributed by atoms with Crippen molar-refractivity contribution in [2.45, 2.75) is 18.6 Å². The Morgan fingerprint density at radius 2 is 1.94 bits per heavy atom. The summed E-state index contributed by atoms with van der Waals surface area (Å²) in [6, 6.07) is 7.91. The molecule has 0 radical (unpaired) electrons. The van der Waals surface area contributed by atoms with Crippen LogP contribution in [0.1, 0.15) is 25.6 Å². The quantitative estimate of drug-likeness (QED) is 0.239. The van der Waals surface area contributed by atoms with Crippen molar-refractivity contribution in [3.05, 3.63) is 52.9 Å². The summed E-state index contributed by atoms with van der Waals surface area (Å²) in [5, 5.41) is 12.0. The number of nitrogens with two attached hydrogens (primary N) is 1. The highest BCUT2D eigenvalue weighted by Gasteiger charge is 2.25. The van der Waals surface area contributed by atoms with Gasteiger partial charge in [0.15, 0.2) is 11.0 Å². The molecule has 0 bridgehead atoms. The maximum Gasteiger partial charge on any atom is 0.341 e. The molecule has 0 saturated carbocycles. The summed E-state index contributed by atoms with van der Waals surface area (Å²) < 4.78 is 6.67. The Kier molecular flexibility index (Phi) is 8.30. The second kappa shape index (κ2) is 11.2. The second-order valence-electron chi connectivity index (χ2n) is 7.60. The molecule has 0 aliphatic heterocycles. The molecule has 2 amide bonds. The average Bonchev–Trinajstić information content (AvgIpc) is 3.38. The Labute approximate surface area is 211 Å². The van der Waals surface area contributed by atoms with Gasteiger partial charge in [-0.15, -0.1) is 28.1 Å². The fourth-order valence-corrected chi connectivity index (χ4v) is 5.10. The van der Waals surface area contributed by atoms with E-state index in [9.17, 15) is 14.4 Å². The van der Waals surface area contributed by atoms with E-state index in [0.29, 0.717) is 23.1 Å². The number of anilines is 2. The van der Waals surface area contributed by atoms with Gasteiger partial charge in [0.05, 0.1) is 23.3 Å². The number of methoxy groups -OCH3 is 1. The normalized spacial score (nSPS) is 10.6. The van der Waals surface area contributed by atoms with Gasteiger partial charge in [-0.2, -0.15) is 0 Å². The van der Waals surface area contributed by atoms with Crippen molar-refractivity contribution in [3.8, 4) is 11.4 Å². The van der Waals surface area contributed by atoms with Gasteiger partial charge in [-0.3, -0.25) is 14.2 Å². The number of amides is 2. The molecule has 0 fully saturated rings. The summed E-state index contributed by atoms with van der Waals surface area (Å²) in [4.78, 5) is 38.8. The minimum atomic E-state index is -0.684. The third-order valence-corrected chi connectivity index (χ3v) is 7.20. The van der Waals surface area contributed by atoms with Gasteiger partial charge < -0.3 is 20.7 Å². The molecule has 10 nitrogen and oxygen atoms in total. The van der Waals surface area contributed by atoms with Gasteiger partial charge in [-0.1, -0.05) is 17.8 Å². The molecule has 0 aliphatic rings. The molecule has 184 valence electrons. The Balaban J connectivity index is 1.78. The first-order valence-electron chi connectivity index (χ1n) is 10.4. The number of hydrogen-bond donors (Lipinski definition) is 2. The zero-order chi connectivity index (χ0) is 25.7. The first-order valence-corrected chi connectivity index (χ1v) is 12.2. The van der Waals surface area contributed by atoms with Crippen molar-refractivity contribution in [2.24, 2.45) is 5.73 Å². The van der Waals surface area contributed by atoms with Crippen molar-refractivity contribution >= 4 is 51.6 Å². The highest BCUT2D eigenvalue weighted by molar-refractivity contribution is 7.99. The molecule has 0 saturated heterocycles. The lowest BCUT2D eigenvalue weighted by molar-refractivity contribution is -0.113. The number of carbonyl (C=O) groups excluding carboxylic acids is 3. The number of aromatic nitrogens is 3. The zero-order valence-electron chi connectivity index (χ0n) is 19.8. The van der Waals surface area contributed by atoms with Crippen LogP contribution in [-0.4, -0.2) is 59.5 Å². The fourth-order valence-electron chi connectivity index (χ4n) is 3.29. The minimum Gasteiger partial charge on any atom is -0.465 e. The average molecular weight is 515 g/mol. The third-order valence-electron chi connectivity index (χ3n) is 5.02. The van der Waals surface area contributed by atoms with E-state index >= 15 is 0 Å². The van der Waals surface area contributed by atoms with Crippen molar-refractivity contribution in [1.29, 1.82) is 0 Å². The molecular formula is C23H26N6O4S2. The predicted octanol–water partition coefficient (Wildman–Crippen LogP) is 3.18. The molecule has 35 heavy (non-hydrogen) atoms. The van der Waals surface area contributed by atoms with E-state index in [-0.39, 0.29) is 27.1 Å². The number of nitrogens with one attached hydrogen (secondary N) is 1. The SMILES string of the molecule is C=CCn1c(SCC(=O)Nc2sc(C(N)=O)c(C)c2C(=O)OC)nnc1-c1ccc(N(C)C)cc1. The minimum absolute atomic E-state index is 0.00168. The van der Waals surface area contributed by atoms with Crippen LogP contribution in [0.5, 0.6) is 0 Å². The number of carbonyl (C=O) groups is 3. The van der Waals surface area contributed by atoms with Gasteiger partial charge in [-0.25, -0.2) is 4.79 Å². The van der Waals surface area contributed by atoms with E-state index < -0.39 is 11.9 Å². The van der Waals surface area contributed by atoms with Crippen LogP contribution in [0.4, 0.5) is 10.7 Å². The van der Waals surface area contributed by atoms with Crippen LogP contribution in [0.25, 0.3) is 11.4 Å². The van der Waals surface area contributed by atoms with Crippen LogP contribution in [0.15, 0.2) is 42.1 Å². The molecule has 0 spiro atoms. The van der Waals surface area contributed by atoms with Crippen molar-refractivity contribution in [1.82, 2.24) is 14.8 Å². The van der Waals surface area contributed by atoms with Gasteiger partial charge in [0.2, 0.25) is 5.91 Å². The van der Waals surface area contributed by atoms with Crippen LogP contribution < -0.4 is 16.0 Å². The summed E-state index contributed by atoms with van der Waals surface area (Å²) in [6.45, 7) is 5.85. The summed E-state index contributed by atoms with van der Waals surface area (Å²) in [7, 11) is 5.16. The monoisotopic (exact) mass is 514 g/mol. The molecule has 3 rings (SSSR count). The van der Waals surface area contributed by atoms with E-state index in [1.165, 1.54) is 18.9 Å². The lowest BCUT2D eigenvalue weighted by atomic mass is 10.1. The van der Waals surface area contributed by atoms with Crippen LogP contribution in [0.3, 0.4) is 0 Å². The smallest absolute Gasteiger partial charge is 0.341 e. The largest absolute Gasteiger partial charge is 0.465 e. The third kappa shape index (κ3) is 5.72. The van der Waals surface area contributed by atoms with Crippen LogP contribution in [-0.2, 0) is 16.1 Å². The van der Waals surface area contributed by atoms with E-state index in [1.54, 1.807) is 13.0 Å². The van der Waals surface area contributed by atoms with Crippen molar-refractivity contribution < 1.29 is 19.1 Å². The number of thioether (sulfide) groups is 1. The Bertz CT molecular complexity index is 1260. The fraction of sp³-hybridized carbons (Fsp3) is 0.261. The number of thiophene rings is 1. The highest BCUT2D eigenvalue weighted by Crippen LogP contribution is 2.34. The van der Waals surface area contributed by atoms with Crippen molar-refractivity contribution in [3.63, 3.8) is 0 Å².